The summed E-state index contributed by atoms with van der Waals surface area (Å²) in [6.07, 6.45) is 1.57. The predicted molar refractivity (Wildman–Crippen MR) is 131 cm³/mol. The summed E-state index contributed by atoms with van der Waals surface area (Å²) in [6.45, 7) is 5.02. The van der Waals surface area contributed by atoms with E-state index < -0.39 is 27.6 Å². The van der Waals surface area contributed by atoms with E-state index in [0.29, 0.717) is 34.8 Å². The van der Waals surface area contributed by atoms with Gasteiger partial charge in [0.1, 0.15) is 18.2 Å². The van der Waals surface area contributed by atoms with Crippen LogP contribution in [0.5, 0.6) is 0 Å². The van der Waals surface area contributed by atoms with Crippen LogP contribution in [0.4, 0.5) is 8.78 Å². The number of nitrogens with one attached hydrogen (secondary N) is 1. The molecular weight excluding hydrogens is 488 g/mol. The first-order valence-corrected chi connectivity index (χ1v) is 12.8. The average molecular weight is 514 g/mol. The molecule has 0 radical (unpaired) electrons. The molecule has 188 valence electrons. The van der Waals surface area contributed by atoms with Crippen molar-refractivity contribution in [2.45, 2.75) is 37.5 Å². The molecule has 36 heavy (non-hydrogen) atoms. The highest BCUT2D eigenvalue weighted by Gasteiger charge is 2.20. The smallest absolute Gasteiger partial charge is 0.268 e. The average Bonchev–Trinajstić information content (AvgIpc) is 3.34. The fourth-order valence-corrected chi connectivity index (χ4v) is 4.51. The van der Waals surface area contributed by atoms with E-state index in [9.17, 15) is 17.2 Å². The molecule has 0 atom stereocenters. The van der Waals surface area contributed by atoms with E-state index in [1.165, 1.54) is 24.3 Å². The topological polar surface area (TPSA) is 111 Å². The van der Waals surface area contributed by atoms with Gasteiger partial charge in [0.2, 0.25) is 0 Å². The molecule has 4 aromatic rings. The Morgan fingerprint density at radius 3 is 2.44 bits per heavy atom. The second-order valence-electron chi connectivity index (χ2n) is 8.40. The van der Waals surface area contributed by atoms with Gasteiger partial charge in [0.15, 0.2) is 9.84 Å². The molecule has 4 rings (SSSR count). The van der Waals surface area contributed by atoms with E-state index in [2.05, 4.69) is 25.5 Å². The third kappa shape index (κ3) is 5.31. The zero-order chi connectivity index (χ0) is 25.9. The largest absolute Gasteiger partial charge is 0.414 e. The van der Waals surface area contributed by atoms with E-state index in [1.807, 2.05) is 0 Å². The number of aryl methyl sites for hydroxylation is 1. The van der Waals surface area contributed by atoms with E-state index in [-0.39, 0.29) is 28.8 Å². The van der Waals surface area contributed by atoms with Gasteiger partial charge in [-0.05, 0) is 50.6 Å². The van der Waals surface area contributed by atoms with Gasteiger partial charge >= 0.3 is 0 Å². The Morgan fingerprint density at radius 1 is 1.06 bits per heavy atom. The van der Waals surface area contributed by atoms with E-state index >= 15 is 0 Å². The summed E-state index contributed by atoms with van der Waals surface area (Å²) >= 11 is 0. The van der Waals surface area contributed by atoms with Crippen molar-refractivity contribution in [3.8, 4) is 34.3 Å². The molecule has 2 aromatic heterocycles. The lowest BCUT2D eigenvalue weighted by Crippen LogP contribution is -2.16. The maximum Gasteiger partial charge on any atom is 0.268 e. The monoisotopic (exact) mass is 513 g/mol. The lowest BCUT2D eigenvalue weighted by molar-refractivity contribution is 0.466. The maximum atomic E-state index is 14.7. The SMILES string of the molecule is Cc1ncc(-c2ccc(S(=O)(=O)C(C)C)cc2)nc1-c1nnc(-c2ccc(CNCCF)cc2F)o1. The van der Waals surface area contributed by atoms with Crippen LogP contribution in [0.3, 0.4) is 0 Å². The molecule has 2 heterocycles. The zero-order valence-electron chi connectivity index (χ0n) is 20.0. The molecule has 0 aliphatic carbocycles. The Balaban J connectivity index is 1.60. The molecule has 0 aliphatic rings. The second-order valence-corrected chi connectivity index (χ2v) is 10.9. The van der Waals surface area contributed by atoms with Gasteiger partial charge in [0, 0.05) is 18.7 Å². The standard InChI is InChI=1S/C25H25F2N5O3S/c1-15(2)36(33,34)19-7-5-18(6-8-19)22-14-29-16(3)23(30-22)25-32-31-24(35-25)20-9-4-17(12-21(20)27)13-28-11-10-26/h4-9,12,14-15,28H,10-11,13H2,1-3H3. The quantitative estimate of drug-likeness (QED) is 0.325. The van der Waals surface area contributed by atoms with E-state index in [4.69, 9.17) is 4.42 Å². The Kier molecular flexibility index (Phi) is 7.51. The van der Waals surface area contributed by atoms with Crippen molar-refractivity contribution in [2.24, 2.45) is 0 Å². The van der Waals surface area contributed by atoms with Crippen LogP contribution in [-0.2, 0) is 16.4 Å². The Bertz CT molecular complexity index is 1470. The normalized spacial score (nSPS) is 11.8. The van der Waals surface area contributed by atoms with Gasteiger partial charge in [0.25, 0.3) is 11.8 Å². The molecule has 0 saturated carbocycles. The Hall–Kier alpha value is -3.57. The highest BCUT2D eigenvalue weighted by Crippen LogP contribution is 2.29. The van der Waals surface area contributed by atoms with Crippen LogP contribution in [0, 0.1) is 12.7 Å². The number of sulfone groups is 1. The maximum absolute atomic E-state index is 14.7. The van der Waals surface area contributed by atoms with Gasteiger partial charge in [0.05, 0.1) is 33.3 Å². The van der Waals surface area contributed by atoms with Gasteiger partial charge in [-0.3, -0.25) is 4.98 Å². The minimum Gasteiger partial charge on any atom is -0.414 e. The van der Waals surface area contributed by atoms with Crippen molar-refractivity contribution in [3.05, 3.63) is 65.7 Å². The van der Waals surface area contributed by atoms with Crippen LogP contribution in [0.25, 0.3) is 34.3 Å². The van der Waals surface area contributed by atoms with E-state index in [0.717, 1.165) is 0 Å². The molecule has 2 aromatic carbocycles. The van der Waals surface area contributed by atoms with Crippen LogP contribution in [0.2, 0.25) is 0 Å². The van der Waals surface area contributed by atoms with Crippen molar-refractivity contribution < 1.29 is 21.6 Å². The molecule has 8 nitrogen and oxygen atoms in total. The van der Waals surface area contributed by atoms with Crippen LogP contribution in [0.1, 0.15) is 25.1 Å². The van der Waals surface area contributed by atoms with Crippen LogP contribution >= 0.6 is 0 Å². The van der Waals surface area contributed by atoms with E-state index in [1.54, 1.807) is 45.2 Å². The fourth-order valence-electron chi connectivity index (χ4n) is 3.45. The van der Waals surface area contributed by atoms with Crippen molar-refractivity contribution in [2.75, 3.05) is 13.2 Å². The molecule has 0 saturated heterocycles. The number of nitrogens with zero attached hydrogens (tertiary/aromatic N) is 4. The van der Waals surface area contributed by atoms with Gasteiger partial charge in [-0.25, -0.2) is 22.2 Å². The van der Waals surface area contributed by atoms with Crippen molar-refractivity contribution in [1.82, 2.24) is 25.5 Å². The first-order valence-electron chi connectivity index (χ1n) is 11.3. The Labute approximate surface area is 207 Å². The zero-order valence-corrected chi connectivity index (χ0v) is 20.8. The molecule has 0 fully saturated rings. The highest BCUT2D eigenvalue weighted by atomic mass is 32.2. The van der Waals surface area contributed by atoms with Gasteiger partial charge in [-0.15, -0.1) is 10.2 Å². The summed E-state index contributed by atoms with van der Waals surface area (Å²) in [5, 5.41) is 10.3. The van der Waals surface area contributed by atoms with Gasteiger partial charge in [-0.2, -0.15) is 0 Å². The first-order chi connectivity index (χ1) is 17.2. The summed E-state index contributed by atoms with van der Waals surface area (Å²) in [7, 11) is -3.39. The summed E-state index contributed by atoms with van der Waals surface area (Å²) < 4.78 is 57.4. The number of hydrogen-bond acceptors (Lipinski definition) is 8. The van der Waals surface area contributed by atoms with Crippen molar-refractivity contribution >= 4 is 9.84 Å². The van der Waals surface area contributed by atoms with Crippen LogP contribution in [-0.4, -0.2) is 47.1 Å². The second kappa shape index (κ2) is 10.6. The highest BCUT2D eigenvalue weighted by molar-refractivity contribution is 7.92. The molecule has 0 aliphatic heterocycles. The molecule has 0 bridgehead atoms. The van der Waals surface area contributed by atoms with Crippen LogP contribution in [0.15, 0.2) is 58.0 Å². The molecule has 0 spiro atoms. The molecule has 1 N–H and O–H groups in total. The van der Waals surface area contributed by atoms with Gasteiger partial charge in [-0.1, -0.05) is 18.2 Å². The predicted octanol–water partition coefficient (Wildman–Crippen LogP) is 4.55. The third-order valence-corrected chi connectivity index (χ3v) is 7.72. The van der Waals surface area contributed by atoms with Crippen LogP contribution < -0.4 is 5.32 Å². The van der Waals surface area contributed by atoms with Gasteiger partial charge < -0.3 is 9.73 Å². The number of alkyl halides is 1. The lowest BCUT2D eigenvalue weighted by atomic mass is 10.1. The summed E-state index contributed by atoms with van der Waals surface area (Å²) in [6, 6.07) is 11.0. The van der Waals surface area contributed by atoms with Crippen molar-refractivity contribution in [3.63, 3.8) is 0 Å². The number of hydrogen-bond donors (Lipinski definition) is 1. The molecule has 0 unspecified atom stereocenters. The van der Waals surface area contributed by atoms with Crippen molar-refractivity contribution in [1.29, 1.82) is 0 Å². The minimum absolute atomic E-state index is 0.0133. The number of aromatic nitrogens is 4. The molecule has 0 amide bonds. The number of rotatable bonds is 9. The first kappa shape index (κ1) is 25.5. The summed E-state index contributed by atoms with van der Waals surface area (Å²) in [5.74, 6) is -0.484. The summed E-state index contributed by atoms with van der Waals surface area (Å²) in [5.41, 5.74) is 2.80. The lowest BCUT2D eigenvalue weighted by Gasteiger charge is -2.09. The molecular formula is C25H25F2N5O3S. The third-order valence-electron chi connectivity index (χ3n) is 5.55. The number of benzene rings is 2. The minimum atomic E-state index is -3.39. The summed E-state index contributed by atoms with van der Waals surface area (Å²) in [4.78, 5) is 9.18. The molecule has 11 heteroatoms. The number of halogens is 2. The Morgan fingerprint density at radius 2 is 1.78 bits per heavy atom. The fraction of sp³-hybridized carbons (Fsp3) is 0.280.